The Labute approximate surface area is 71.5 Å². The van der Waals surface area contributed by atoms with Gasteiger partial charge in [0, 0.05) is 13.3 Å². The van der Waals surface area contributed by atoms with Crippen LogP contribution in [0.5, 0.6) is 0 Å². The van der Waals surface area contributed by atoms with Crippen LogP contribution in [0, 0.1) is 0 Å². The number of hydrogen-bond donors (Lipinski definition) is 1. The van der Waals surface area contributed by atoms with E-state index in [1.807, 2.05) is 6.92 Å². The van der Waals surface area contributed by atoms with Crippen LogP contribution >= 0.6 is 0 Å². The SMILES string of the molecule is CC[C@@]1(C(C)=O)OC[C@H](CO)O1. The van der Waals surface area contributed by atoms with Crippen LogP contribution < -0.4 is 0 Å². The van der Waals surface area contributed by atoms with Crippen molar-refractivity contribution in [2.24, 2.45) is 0 Å². The van der Waals surface area contributed by atoms with Crippen molar-refractivity contribution in [1.82, 2.24) is 0 Å². The average Bonchev–Trinajstić information content (AvgIpc) is 2.48. The summed E-state index contributed by atoms with van der Waals surface area (Å²) in [6, 6.07) is 0. The molecule has 0 aromatic rings. The Kier molecular flexibility index (Phi) is 2.82. The molecule has 1 saturated heterocycles. The van der Waals surface area contributed by atoms with Gasteiger partial charge < -0.3 is 14.6 Å². The zero-order chi connectivity index (χ0) is 9.19. The Bertz CT molecular complexity index is 180. The minimum Gasteiger partial charge on any atom is -0.394 e. The smallest absolute Gasteiger partial charge is 0.228 e. The fraction of sp³-hybridized carbons (Fsp3) is 0.875. The molecule has 1 heterocycles. The molecular weight excluding hydrogens is 160 g/mol. The van der Waals surface area contributed by atoms with E-state index in [9.17, 15) is 4.79 Å². The maximum atomic E-state index is 11.1. The fourth-order valence-corrected chi connectivity index (χ4v) is 1.27. The third-order valence-corrected chi connectivity index (χ3v) is 2.06. The predicted molar refractivity (Wildman–Crippen MR) is 41.6 cm³/mol. The van der Waals surface area contributed by atoms with Crippen LogP contribution in [0.3, 0.4) is 0 Å². The first kappa shape index (κ1) is 9.64. The van der Waals surface area contributed by atoms with E-state index >= 15 is 0 Å². The molecule has 1 aliphatic rings. The van der Waals surface area contributed by atoms with Crippen molar-refractivity contribution in [3.8, 4) is 0 Å². The van der Waals surface area contributed by atoms with Crippen molar-refractivity contribution >= 4 is 5.78 Å². The van der Waals surface area contributed by atoms with Crippen LogP contribution in [-0.4, -0.2) is 36.0 Å². The van der Waals surface area contributed by atoms with Gasteiger partial charge in [0.25, 0.3) is 0 Å². The molecule has 12 heavy (non-hydrogen) atoms. The quantitative estimate of drug-likeness (QED) is 0.658. The average molecular weight is 174 g/mol. The lowest BCUT2D eigenvalue weighted by atomic mass is 10.1. The van der Waals surface area contributed by atoms with E-state index in [1.165, 1.54) is 6.92 Å². The molecule has 0 aromatic heterocycles. The van der Waals surface area contributed by atoms with E-state index in [-0.39, 0.29) is 18.5 Å². The highest BCUT2D eigenvalue weighted by Gasteiger charge is 2.43. The molecule has 0 spiro atoms. The van der Waals surface area contributed by atoms with Crippen molar-refractivity contribution in [2.75, 3.05) is 13.2 Å². The third kappa shape index (κ3) is 1.50. The highest BCUT2D eigenvalue weighted by Crippen LogP contribution is 2.27. The number of ketones is 1. The standard InChI is InChI=1S/C8H14O4/c1-3-8(6(2)10)11-5-7(4-9)12-8/h7,9H,3-5H2,1-2H3/t7-,8+/m0/s1. The lowest BCUT2D eigenvalue weighted by Crippen LogP contribution is -2.38. The van der Waals surface area contributed by atoms with Crippen LogP contribution in [0.15, 0.2) is 0 Å². The van der Waals surface area contributed by atoms with E-state index in [0.717, 1.165) is 0 Å². The summed E-state index contributed by atoms with van der Waals surface area (Å²) in [5, 5.41) is 8.76. The van der Waals surface area contributed by atoms with Gasteiger partial charge in [-0.2, -0.15) is 0 Å². The van der Waals surface area contributed by atoms with Gasteiger partial charge in [-0.3, -0.25) is 4.79 Å². The van der Waals surface area contributed by atoms with Crippen molar-refractivity contribution < 1.29 is 19.4 Å². The highest BCUT2D eigenvalue weighted by atomic mass is 16.8. The van der Waals surface area contributed by atoms with E-state index in [2.05, 4.69) is 0 Å². The molecule has 0 bridgehead atoms. The lowest BCUT2D eigenvalue weighted by Gasteiger charge is -2.22. The first-order valence-electron chi connectivity index (χ1n) is 4.08. The van der Waals surface area contributed by atoms with Gasteiger partial charge in [-0.15, -0.1) is 0 Å². The number of carbonyl (C=O) groups is 1. The minimum absolute atomic E-state index is 0.102. The molecule has 1 fully saturated rings. The molecule has 0 aliphatic carbocycles. The molecule has 0 amide bonds. The second kappa shape index (κ2) is 3.51. The summed E-state index contributed by atoms with van der Waals surface area (Å²) in [5.74, 6) is -1.23. The summed E-state index contributed by atoms with van der Waals surface area (Å²) in [5.41, 5.74) is 0. The van der Waals surface area contributed by atoms with Gasteiger partial charge in [-0.1, -0.05) is 6.92 Å². The Morgan fingerprint density at radius 1 is 1.75 bits per heavy atom. The summed E-state index contributed by atoms with van der Waals surface area (Å²) in [4.78, 5) is 11.1. The molecule has 4 heteroatoms. The van der Waals surface area contributed by atoms with Crippen molar-refractivity contribution in [3.05, 3.63) is 0 Å². The molecule has 0 saturated carbocycles. The molecule has 1 rings (SSSR count). The van der Waals surface area contributed by atoms with Gasteiger partial charge in [0.1, 0.15) is 6.10 Å². The number of rotatable bonds is 3. The minimum atomic E-state index is -1.09. The second-order valence-electron chi connectivity index (χ2n) is 2.90. The summed E-state index contributed by atoms with van der Waals surface area (Å²) in [6.07, 6.45) is 0.132. The lowest BCUT2D eigenvalue weighted by molar-refractivity contribution is -0.185. The molecule has 0 aromatic carbocycles. The molecule has 1 N–H and O–H groups in total. The molecule has 2 atom stereocenters. The molecule has 4 nitrogen and oxygen atoms in total. The monoisotopic (exact) mass is 174 g/mol. The molecule has 0 radical (unpaired) electrons. The van der Waals surface area contributed by atoms with Gasteiger partial charge in [0.15, 0.2) is 5.78 Å². The van der Waals surface area contributed by atoms with Crippen LogP contribution in [0.1, 0.15) is 20.3 Å². The van der Waals surface area contributed by atoms with Crippen molar-refractivity contribution in [2.45, 2.75) is 32.2 Å². The van der Waals surface area contributed by atoms with Gasteiger partial charge >= 0.3 is 0 Å². The number of Topliss-reactive ketones (excluding diaryl/α,β-unsaturated/α-hetero) is 1. The van der Waals surface area contributed by atoms with E-state index < -0.39 is 5.79 Å². The number of aliphatic hydroxyl groups excluding tert-OH is 1. The van der Waals surface area contributed by atoms with Gasteiger partial charge in [-0.05, 0) is 0 Å². The topological polar surface area (TPSA) is 55.8 Å². The van der Waals surface area contributed by atoms with Crippen LogP contribution in [-0.2, 0) is 14.3 Å². The first-order chi connectivity index (χ1) is 5.64. The van der Waals surface area contributed by atoms with Gasteiger partial charge in [-0.25, -0.2) is 0 Å². The maximum Gasteiger partial charge on any atom is 0.228 e. The van der Waals surface area contributed by atoms with E-state index in [4.69, 9.17) is 14.6 Å². The maximum absolute atomic E-state index is 11.1. The summed E-state index contributed by atoms with van der Waals surface area (Å²) in [7, 11) is 0. The van der Waals surface area contributed by atoms with Gasteiger partial charge in [0.2, 0.25) is 5.79 Å². The third-order valence-electron chi connectivity index (χ3n) is 2.06. The highest BCUT2D eigenvalue weighted by molar-refractivity contribution is 5.83. The summed E-state index contributed by atoms with van der Waals surface area (Å²) < 4.78 is 10.5. The number of hydrogen-bond acceptors (Lipinski definition) is 4. The zero-order valence-corrected chi connectivity index (χ0v) is 7.37. The molecular formula is C8H14O4. The summed E-state index contributed by atoms with van der Waals surface area (Å²) in [6.45, 7) is 3.45. The fourth-order valence-electron chi connectivity index (χ4n) is 1.27. The van der Waals surface area contributed by atoms with Gasteiger partial charge in [0.05, 0.1) is 13.2 Å². The van der Waals surface area contributed by atoms with Crippen LogP contribution in [0.2, 0.25) is 0 Å². The number of aliphatic hydroxyl groups is 1. The largest absolute Gasteiger partial charge is 0.394 e. The van der Waals surface area contributed by atoms with E-state index in [0.29, 0.717) is 13.0 Å². The Hall–Kier alpha value is -0.450. The number of carbonyl (C=O) groups excluding carboxylic acids is 1. The summed E-state index contributed by atoms with van der Waals surface area (Å²) >= 11 is 0. The Morgan fingerprint density at radius 2 is 2.42 bits per heavy atom. The molecule has 70 valence electrons. The van der Waals surface area contributed by atoms with Crippen LogP contribution in [0.4, 0.5) is 0 Å². The second-order valence-corrected chi connectivity index (χ2v) is 2.90. The zero-order valence-electron chi connectivity index (χ0n) is 7.37. The normalized spacial score (nSPS) is 35.4. The van der Waals surface area contributed by atoms with E-state index in [1.54, 1.807) is 0 Å². The Balaban J connectivity index is 2.66. The van der Waals surface area contributed by atoms with Crippen molar-refractivity contribution in [3.63, 3.8) is 0 Å². The molecule has 0 unspecified atom stereocenters. The first-order valence-corrected chi connectivity index (χ1v) is 4.08. The number of ether oxygens (including phenoxy) is 2. The predicted octanol–water partition coefficient (Wildman–Crippen LogP) is 0.0894. The Morgan fingerprint density at radius 3 is 2.67 bits per heavy atom. The van der Waals surface area contributed by atoms with Crippen molar-refractivity contribution in [1.29, 1.82) is 0 Å². The molecule has 1 aliphatic heterocycles. The van der Waals surface area contributed by atoms with Crippen LogP contribution in [0.25, 0.3) is 0 Å².